The molecule has 1 fully saturated rings. The molecule has 36 heavy (non-hydrogen) atoms. The number of anilines is 2. The predicted molar refractivity (Wildman–Crippen MR) is 127 cm³/mol. The van der Waals surface area contributed by atoms with Crippen molar-refractivity contribution in [2.45, 2.75) is 50.9 Å². The number of aromatic amines is 1. The Bertz CT molecular complexity index is 1450. The highest BCUT2D eigenvalue weighted by molar-refractivity contribution is 5.77. The Labute approximate surface area is 205 Å². The van der Waals surface area contributed by atoms with Crippen LogP contribution in [0, 0.1) is 11.3 Å². The molecular weight excluding hydrogens is 467 g/mol. The maximum Gasteiger partial charge on any atom is 0.407 e. The number of rotatable bonds is 6. The van der Waals surface area contributed by atoms with E-state index in [0.29, 0.717) is 41.5 Å². The fourth-order valence-corrected chi connectivity index (χ4v) is 4.43. The van der Waals surface area contributed by atoms with Crippen LogP contribution in [0.5, 0.6) is 0 Å². The van der Waals surface area contributed by atoms with Gasteiger partial charge in [-0.25, -0.2) is 19.2 Å². The monoisotopic (exact) mass is 492 g/mol. The molecular formula is C23H25FN10O2. The summed E-state index contributed by atoms with van der Waals surface area (Å²) < 4.78 is 23.7. The van der Waals surface area contributed by atoms with Crippen LogP contribution in [0.1, 0.15) is 44.0 Å². The van der Waals surface area contributed by atoms with E-state index in [0.717, 1.165) is 5.69 Å². The number of aryl methyl sites for hydroxylation is 1. The van der Waals surface area contributed by atoms with Crippen molar-refractivity contribution >= 4 is 23.5 Å². The van der Waals surface area contributed by atoms with E-state index in [4.69, 9.17) is 4.74 Å². The number of carbonyl (C=O) groups is 1. The van der Waals surface area contributed by atoms with Crippen LogP contribution < -0.4 is 10.6 Å². The molecule has 0 spiro atoms. The molecule has 1 aliphatic carbocycles. The molecule has 1 aliphatic rings. The molecule has 0 unspecified atom stereocenters. The Balaban J connectivity index is 1.36. The molecule has 3 atom stereocenters. The van der Waals surface area contributed by atoms with Gasteiger partial charge in [0.2, 0.25) is 5.95 Å². The second-order valence-corrected chi connectivity index (χ2v) is 8.97. The minimum Gasteiger partial charge on any atom is -0.443 e. The number of alkyl halides is 1. The quantitative estimate of drug-likeness (QED) is 0.371. The standard InChI is InChI=1S/C23H25FN10O2/c1-12(2)28-23(35)36-18-5-4-14(20(18)24)16-8-19(32-31-16)30-22-26-10-15(17-6-7-27-33(17)3)21-29-13(9-25)11-34(21)22/h6-8,10-12,14,18,20H,4-5H2,1-3H3,(H,28,35)(H2,26,30,31,32)/t14-,18-,20+/m0/s1. The fraction of sp³-hybridized carbons (Fsp3) is 0.391. The van der Waals surface area contributed by atoms with Crippen LogP contribution in [-0.4, -0.2) is 58.8 Å². The number of hydrogen-bond donors (Lipinski definition) is 3. The van der Waals surface area contributed by atoms with Crippen molar-refractivity contribution in [3.63, 3.8) is 0 Å². The van der Waals surface area contributed by atoms with Crippen molar-refractivity contribution in [3.05, 3.63) is 42.1 Å². The van der Waals surface area contributed by atoms with Crippen LogP contribution >= 0.6 is 0 Å². The number of H-pyrrole nitrogens is 1. The molecule has 1 saturated carbocycles. The smallest absolute Gasteiger partial charge is 0.407 e. The third-order valence-electron chi connectivity index (χ3n) is 6.11. The summed E-state index contributed by atoms with van der Waals surface area (Å²) in [5, 5.41) is 26.5. The maximum absolute atomic E-state index is 15.1. The van der Waals surface area contributed by atoms with Gasteiger partial charge in [-0.1, -0.05) is 0 Å². The Hall–Kier alpha value is -4.47. The Morgan fingerprint density at radius 1 is 1.39 bits per heavy atom. The molecule has 0 radical (unpaired) electrons. The van der Waals surface area contributed by atoms with Gasteiger partial charge in [-0.3, -0.25) is 14.2 Å². The minimum atomic E-state index is -1.36. The third-order valence-corrected chi connectivity index (χ3v) is 6.11. The summed E-state index contributed by atoms with van der Waals surface area (Å²) in [6.07, 6.45) is 3.04. The van der Waals surface area contributed by atoms with Crippen LogP contribution in [-0.2, 0) is 11.8 Å². The minimum absolute atomic E-state index is 0.0907. The summed E-state index contributed by atoms with van der Waals surface area (Å²) in [6, 6.07) is 5.51. The number of fused-ring (bicyclic) bond motifs is 1. The van der Waals surface area contributed by atoms with Gasteiger partial charge >= 0.3 is 6.09 Å². The largest absolute Gasteiger partial charge is 0.443 e. The van der Waals surface area contributed by atoms with Gasteiger partial charge in [-0.2, -0.15) is 15.5 Å². The SMILES string of the molecule is CC(C)NC(=O)O[C@H]1CC[C@@H](c2cc(Nc3ncc(-c4ccnn4C)c4nc(C#N)cn34)n[nH]2)[C@H]1F. The van der Waals surface area contributed by atoms with E-state index in [-0.39, 0.29) is 11.7 Å². The summed E-state index contributed by atoms with van der Waals surface area (Å²) >= 11 is 0. The number of ether oxygens (including phenoxy) is 1. The molecule has 13 heteroatoms. The molecule has 4 heterocycles. The summed E-state index contributed by atoms with van der Waals surface area (Å²) in [7, 11) is 1.81. The summed E-state index contributed by atoms with van der Waals surface area (Å²) in [4.78, 5) is 20.8. The zero-order chi connectivity index (χ0) is 25.4. The van der Waals surface area contributed by atoms with Gasteiger partial charge in [0.05, 0.1) is 17.5 Å². The van der Waals surface area contributed by atoms with E-state index < -0.39 is 24.3 Å². The first-order valence-corrected chi connectivity index (χ1v) is 11.5. The lowest BCUT2D eigenvalue weighted by molar-refractivity contribution is 0.0555. The van der Waals surface area contributed by atoms with Crippen molar-refractivity contribution in [3.8, 4) is 17.3 Å². The molecule has 5 rings (SSSR count). The van der Waals surface area contributed by atoms with Crippen molar-refractivity contribution in [2.75, 3.05) is 5.32 Å². The molecule has 0 aromatic carbocycles. The lowest BCUT2D eigenvalue weighted by Gasteiger charge is -2.18. The normalized spacial score (nSPS) is 19.5. The Kier molecular flexibility index (Phi) is 6.01. The summed E-state index contributed by atoms with van der Waals surface area (Å²) in [5.74, 6) is 0.328. The molecule has 12 nitrogen and oxygen atoms in total. The molecule has 1 amide bonds. The van der Waals surface area contributed by atoms with Crippen LogP contribution in [0.2, 0.25) is 0 Å². The highest BCUT2D eigenvalue weighted by Gasteiger charge is 2.41. The van der Waals surface area contributed by atoms with Crippen molar-refractivity contribution in [1.82, 2.24) is 39.7 Å². The molecule has 0 saturated heterocycles. The van der Waals surface area contributed by atoms with Crippen LogP contribution in [0.4, 0.5) is 21.0 Å². The molecule has 4 aromatic heterocycles. The predicted octanol–water partition coefficient (Wildman–Crippen LogP) is 3.19. The Morgan fingerprint density at radius 2 is 2.22 bits per heavy atom. The van der Waals surface area contributed by atoms with Gasteiger partial charge in [-0.15, -0.1) is 0 Å². The highest BCUT2D eigenvalue weighted by atomic mass is 19.1. The number of carbonyl (C=O) groups excluding carboxylic acids is 1. The van der Waals surface area contributed by atoms with E-state index in [9.17, 15) is 10.1 Å². The second kappa shape index (κ2) is 9.29. The number of imidazole rings is 1. The average Bonchev–Trinajstić information content (AvgIpc) is 3.62. The number of nitrogens with zero attached hydrogens (tertiary/aromatic N) is 7. The van der Waals surface area contributed by atoms with Crippen LogP contribution in [0.25, 0.3) is 16.9 Å². The van der Waals surface area contributed by atoms with Gasteiger partial charge in [0.15, 0.2) is 17.2 Å². The lowest BCUT2D eigenvalue weighted by atomic mass is 10.0. The van der Waals surface area contributed by atoms with Crippen LogP contribution in [0.15, 0.2) is 30.7 Å². The fourth-order valence-electron chi connectivity index (χ4n) is 4.43. The first-order chi connectivity index (χ1) is 17.3. The lowest BCUT2D eigenvalue weighted by Crippen LogP contribution is -2.36. The van der Waals surface area contributed by atoms with Crippen molar-refractivity contribution < 1.29 is 13.9 Å². The van der Waals surface area contributed by atoms with E-state index >= 15 is 4.39 Å². The summed E-state index contributed by atoms with van der Waals surface area (Å²) in [6.45, 7) is 3.62. The van der Waals surface area contributed by atoms with E-state index in [1.165, 1.54) is 0 Å². The first-order valence-electron chi connectivity index (χ1n) is 11.5. The number of nitrogens with one attached hydrogen (secondary N) is 3. The van der Waals surface area contributed by atoms with Gasteiger partial charge in [0.25, 0.3) is 0 Å². The van der Waals surface area contributed by atoms with Crippen LogP contribution in [0.3, 0.4) is 0 Å². The van der Waals surface area contributed by atoms with Gasteiger partial charge in [-0.05, 0) is 32.8 Å². The number of amides is 1. The topological polar surface area (TPSA) is 151 Å². The number of hydrogen-bond acceptors (Lipinski definition) is 8. The zero-order valence-corrected chi connectivity index (χ0v) is 19.9. The van der Waals surface area contributed by atoms with Gasteiger partial charge in [0, 0.05) is 43.2 Å². The van der Waals surface area contributed by atoms with Crippen molar-refractivity contribution in [1.29, 1.82) is 5.26 Å². The molecule has 3 N–H and O–H groups in total. The van der Waals surface area contributed by atoms with E-state index in [1.807, 2.05) is 27.0 Å². The number of alkyl carbamates (subject to hydrolysis) is 1. The highest BCUT2D eigenvalue weighted by Crippen LogP contribution is 2.38. The number of aromatic nitrogens is 7. The van der Waals surface area contributed by atoms with E-state index in [1.54, 1.807) is 33.7 Å². The van der Waals surface area contributed by atoms with Crippen molar-refractivity contribution in [2.24, 2.45) is 7.05 Å². The average molecular weight is 493 g/mol. The molecule has 4 aromatic rings. The second-order valence-electron chi connectivity index (χ2n) is 8.97. The summed E-state index contributed by atoms with van der Waals surface area (Å²) in [5.41, 5.74) is 2.86. The molecule has 0 bridgehead atoms. The third kappa shape index (κ3) is 4.33. The van der Waals surface area contributed by atoms with Gasteiger partial charge in [0.1, 0.15) is 18.3 Å². The van der Waals surface area contributed by atoms with E-state index in [2.05, 4.69) is 42.0 Å². The number of nitriles is 1. The maximum atomic E-state index is 15.1. The van der Waals surface area contributed by atoms with Gasteiger partial charge < -0.3 is 15.4 Å². The Morgan fingerprint density at radius 3 is 2.94 bits per heavy atom. The molecule has 186 valence electrons. The first kappa shape index (κ1) is 23.3. The molecule has 0 aliphatic heterocycles. The zero-order valence-electron chi connectivity index (χ0n) is 19.9. The number of halogens is 1.